The maximum atomic E-state index is 12.0. The number of esters is 1. The van der Waals surface area contributed by atoms with Crippen LogP contribution in [0.2, 0.25) is 0 Å². The van der Waals surface area contributed by atoms with Crippen LogP contribution in [0.1, 0.15) is 10.4 Å². The molecule has 2 N–H and O–H groups in total. The van der Waals surface area contributed by atoms with Crippen molar-refractivity contribution in [2.24, 2.45) is 0 Å². The topological polar surface area (TPSA) is 84.5 Å². The van der Waals surface area contributed by atoms with Gasteiger partial charge in [-0.2, -0.15) is 13.2 Å². The summed E-state index contributed by atoms with van der Waals surface area (Å²) in [6, 6.07) is 12.4. The van der Waals surface area contributed by atoms with Gasteiger partial charge in [0.2, 0.25) is 0 Å². The summed E-state index contributed by atoms with van der Waals surface area (Å²) in [5, 5.41) is 5.68. The molecule has 0 bridgehead atoms. The molecule has 0 saturated heterocycles. The van der Waals surface area contributed by atoms with E-state index in [1.807, 2.05) is 24.3 Å². The number of hydrogen-bond donors (Lipinski definition) is 2. The summed E-state index contributed by atoms with van der Waals surface area (Å²) in [5.74, 6) is -2.55. The summed E-state index contributed by atoms with van der Waals surface area (Å²) in [4.78, 5) is 34.6. The molecule has 2 aromatic carbocycles. The van der Waals surface area contributed by atoms with Crippen molar-refractivity contribution in [3.05, 3.63) is 48.0 Å². The zero-order chi connectivity index (χ0) is 19.2. The van der Waals surface area contributed by atoms with Gasteiger partial charge in [-0.25, -0.2) is 0 Å². The Labute approximate surface area is 146 Å². The first-order valence-electron chi connectivity index (χ1n) is 7.51. The number of nitrogens with one attached hydrogen (secondary N) is 2. The van der Waals surface area contributed by atoms with Crippen molar-refractivity contribution in [2.45, 2.75) is 6.18 Å². The second-order valence-corrected chi connectivity index (χ2v) is 5.30. The molecule has 2 aromatic rings. The van der Waals surface area contributed by atoms with Crippen LogP contribution in [0.5, 0.6) is 0 Å². The van der Waals surface area contributed by atoms with E-state index in [9.17, 15) is 27.6 Å². The third kappa shape index (κ3) is 6.08. The largest absolute Gasteiger partial charge is 0.454 e. The van der Waals surface area contributed by atoms with Crippen LogP contribution in [0.4, 0.5) is 13.2 Å². The molecule has 6 nitrogen and oxygen atoms in total. The molecule has 0 atom stereocenters. The molecule has 0 aliphatic carbocycles. The van der Waals surface area contributed by atoms with Crippen molar-refractivity contribution in [3.63, 3.8) is 0 Å². The lowest BCUT2D eigenvalue weighted by molar-refractivity contribution is -0.150. The number of alkyl halides is 3. The Kier molecular flexibility index (Phi) is 6.16. The van der Waals surface area contributed by atoms with E-state index in [0.29, 0.717) is 5.56 Å². The number of rotatable bonds is 6. The van der Waals surface area contributed by atoms with Crippen LogP contribution < -0.4 is 10.6 Å². The number of carbonyl (C=O) groups is 3. The minimum Gasteiger partial charge on any atom is -0.454 e. The molecule has 0 heterocycles. The number of benzene rings is 2. The van der Waals surface area contributed by atoms with Gasteiger partial charge in [-0.3, -0.25) is 14.4 Å². The molecule has 2 rings (SSSR count). The maximum Gasteiger partial charge on any atom is 0.405 e. The van der Waals surface area contributed by atoms with Crippen molar-refractivity contribution >= 4 is 28.6 Å². The van der Waals surface area contributed by atoms with E-state index in [2.05, 4.69) is 10.1 Å². The first-order valence-corrected chi connectivity index (χ1v) is 7.51. The lowest BCUT2D eigenvalue weighted by Gasteiger charge is -2.09. The molecule has 138 valence electrons. The molecule has 26 heavy (non-hydrogen) atoms. The Morgan fingerprint density at radius 2 is 1.65 bits per heavy atom. The Balaban J connectivity index is 1.77. The molecule has 0 fully saturated rings. The lowest BCUT2D eigenvalue weighted by Crippen LogP contribution is -2.37. The zero-order valence-corrected chi connectivity index (χ0v) is 13.4. The number of carbonyl (C=O) groups excluding carboxylic acids is 3. The van der Waals surface area contributed by atoms with Crippen LogP contribution in [0.25, 0.3) is 10.8 Å². The van der Waals surface area contributed by atoms with E-state index < -0.39 is 43.7 Å². The molecular weight excluding hydrogens is 353 g/mol. The van der Waals surface area contributed by atoms with Gasteiger partial charge in [-0.15, -0.1) is 0 Å². The molecule has 0 saturated carbocycles. The van der Waals surface area contributed by atoms with Crippen molar-refractivity contribution in [1.29, 1.82) is 0 Å². The standard InChI is InChI=1S/C17H15F3N2O4/c18-17(19,20)10-22-14(23)9-26-15(24)8-21-16(25)13-6-5-11-3-1-2-4-12(11)7-13/h1-7H,8-10H2,(H,21,25)(H,22,23). The minimum absolute atomic E-state index is 0.333. The number of ether oxygens (including phenoxy) is 1. The summed E-state index contributed by atoms with van der Waals surface area (Å²) >= 11 is 0. The van der Waals surface area contributed by atoms with Gasteiger partial charge in [0.25, 0.3) is 11.8 Å². The summed E-state index contributed by atoms with van der Waals surface area (Å²) in [6.45, 7) is -2.89. The SMILES string of the molecule is O=C(COC(=O)CNC(=O)c1ccc2ccccc2c1)NCC(F)(F)F. The Morgan fingerprint density at radius 3 is 2.35 bits per heavy atom. The van der Waals surface area contributed by atoms with Gasteiger partial charge in [0.15, 0.2) is 6.61 Å². The van der Waals surface area contributed by atoms with Gasteiger partial charge in [-0.05, 0) is 22.9 Å². The molecule has 0 aliphatic heterocycles. The second-order valence-electron chi connectivity index (χ2n) is 5.30. The van der Waals surface area contributed by atoms with Gasteiger partial charge in [-0.1, -0.05) is 30.3 Å². The minimum atomic E-state index is -4.55. The van der Waals surface area contributed by atoms with Crippen LogP contribution >= 0.6 is 0 Å². The fourth-order valence-electron chi connectivity index (χ4n) is 2.03. The van der Waals surface area contributed by atoms with Crippen LogP contribution in [-0.4, -0.2) is 43.7 Å². The van der Waals surface area contributed by atoms with Crippen molar-refractivity contribution in [3.8, 4) is 0 Å². The number of halogens is 3. The summed E-state index contributed by atoms with van der Waals surface area (Å²) < 4.78 is 40.2. The van der Waals surface area contributed by atoms with Gasteiger partial charge in [0.1, 0.15) is 13.1 Å². The third-order valence-electron chi connectivity index (χ3n) is 3.26. The summed E-state index contributed by atoms with van der Waals surface area (Å²) in [5.41, 5.74) is 0.333. The van der Waals surface area contributed by atoms with E-state index in [1.54, 1.807) is 23.5 Å². The van der Waals surface area contributed by atoms with Crippen LogP contribution in [0.15, 0.2) is 42.5 Å². The molecule has 2 amide bonds. The fraction of sp³-hybridized carbons (Fsp3) is 0.235. The first-order chi connectivity index (χ1) is 12.2. The predicted octanol–water partition coefficient (Wildman–Crippen LogP) is 1.79. The highest BCUT2D eigenvalue weighted by atomic mass is 19.4. The quantitative estimate of drug-likeness (QED) is 0.762. The van der Waals surface area contributed by atoms with Crippen molar-refractivity contribution in [2.75, 3.05) is 19.7 Å². The average Bonchev–Trinajstić information content (AvgIpc) is 2.61. The maximum absolute atomic E-state index is 12.0. The van der Waals surface area contributed by atoms with E-state index in [-0.39, 0.29) is 0 Å². The van der Waals surface area contributed by atoms with Gasteiger partial charge < -0.3 is 15.4 Å². The van der Waals surface area contributed by atoms with Crippen LogP contribution in [-0.2, 0) is 14.3 Å². The van der Waals surface area contributed by atoms with Gasteiger partial charge in [0, 0.05) is 5.56 Å². The predicted molar refractivity (Wildman–Crippen MR) is 86.3 cm³/mol. The van der Waals surface area contributed by atoms with E-state index in [1.165, 1.54) is 0 Å². The Morgan fingerprint density at radius 1 is 0.962 bits per heavy atom. The smallest absolute Gasteiger partial charge is 0.405 e. The van der Waals surface area contributed by atoms with Crippen molar-refractivity contribution < 1.29 is 32.3 Å². The van der Waals surface area contributed by atoms with Crippen LogP contribution in [0, 0.1) is 0 Å². The average molecular weight is 368 g/mol. The number of amides is 2. The van der Waals surface area contributed by atoms with Gasteiger partial charge in [0.05, 0.1) is 0 Å². The van der Waals surface area contributed by atoms with E-state index in [4.69, 9.17) is 0 Å². The molecule has 9 heteroatoms. The Hall–Kier alpha value is -3.10. The zero-order valence-electron chi connectivity index (χ0n) is 13.4. The summed E-state index contributed by atoms with van der Waals surface area (Å²) in [6.07, 6.45) is -4.55. The third-order valence-corrected chi connectivity index (χ3v) is 3.26. The molecule has 0 spiro atoms. The fourth-order valence-corrected chi connectivity index (χ4v) is 2.03. The normalized spacial score (nSPS) is 11.0. The monoisotopic (exact) mass is 368 g/mol. The lowest BCUT2D eigenvalue weighted by atomic mass is 10.1. The molecular formula is C17H15F3N2O4. The molecule has 0 aliphatic rings. The number of hydrogen-bond acceptors (Lipinski definition) is 4. The molecule has 0 unspecified atom stereocenters. The van der Waals surface area contributed by atoms with Crippen molar-refractivity contribution in [1.82, 2.24) is 10.6 Å². The highest BCUT2D eigenvalue weighted by Gasteiger charge is 2.27. The Bertz CT molecular complexity index is 821. The van der Waals surface area contributed by atoms with E-state index in [0.717, 1.165) is 10.8 Å². The molecule has 0 radical (unpaired) electrons. The van der Waals surface area contributed by atoms with Crippen LogP contribution in [0.3, 0.4) is 0 Å². The number of fused-ring (bicyclic) bond motifs is 1. The highest BCUT2D eigenvalue weighted by Crippen LogP contribution is 2.15. The van der Waals surface area contributed by atoms with E-state index >= 15 is 0 Å². The van der Waals surface area contributed by atoms with Gasteiger partial charge >= 0.3 is 12.1 Å². The first kappa shape index (κ1) is 19.2. The summed E-state index contributed by atoms with van der Waals surface area (Å²) in [7, 11) is 0. The second kappa shape index (κ2) is 8.32. The highest BCUT2D eigenvalue weighted by molar-refractivity contribution is 5.99. The molecule has 0 aromatic heterocycles.